The van der Waals surface area contributed by atoms with Crippen LogP contribution in [0.2, 0.25) is 0 Å². The van der Waals surface area contributed by atoms with Gasteiger partial charge in [-0.2, -0.15) is 4.98 Å². The summed E-state index contributed by atoms with van der Waals surface area (Å²) in [5.74, 6) is 2.19. The van der Waals surface area contributed by atoms with E-state index in [9.17, 15) is 0 Å². The van der Waals surface area contributed by atoms with Crippen LogP contribution in [0.5, 0.6) is 5.88 Å². The summed E-state index contributed by atoms with van der Waals surface area (Å²) in [6.07, 6.45) is 14.3. The molecule has 1 saturated carbocycles. The lowest BCUT2D eigenvalue weighted by molar-refractivity contribution is 0.390. The summed E-state index contributed by atoms with van der Waals surface area (Å²) in [7, 11) is 5.71. The van der Waals surface area contributed by atoms with E-state index in [0.29, 0.717) is 5.92 Å². The van der Waals surface area contributed by atoms with Gasteiger partial charge in [-0.05, 0) is 31.6 Å². The van der Waals surface area contributed by atoms with E-state index in [0.717, 1.165) is 18.2 Å². The van der Waals surface area contributed by atoms with E-state index in [-0.39, 0.29) is 0 Å². The van der Waals surface area contributed by atoms with E-state index in [2.05, 4.69) is 11.9 Å². The van der Waals surface area contributed by atoms with E-state index in [1.807, 2.05) is 19.0 Å². The van der Waals surface area contributed by atoms with Gasteiger partial charge in [-0.1, -0.05) is 51.9 Å². The van der Waals surface area contributed by atoms with Crippen molar-refractivity contribution in [3.05, 3.63) is 11.3 Å². The molecular formula is C20H35N3O. The summed E-state index contributed by atoms with van der Waals surface area (Å²) in [6.45, 7) is 2.27. The van der Waals surface area contributed by atoms with E-state index in [1.165, 1.54) is 75.5 Å². The number of ether oxygens (including phenoxy) is 1. The predicted molar refractivity (Wildman–Crippen MR) is 101 cm³/mol. The zero-order valence-electron chi connectivity index (χ0n) is 16.1. The van der Waals surface area contributed by atoms with Crippen molar-refractivity contribution in [3.63, 3.8) is 0 Å². The highest BCUT2D eigenvalue weighted by atomic mass is 16.5. The zero-order chi connectivity index (χ0) is 17.4. The van der Waals surface area contributed by atoms with Crippen LogP contribution in [0.3, 0.4) is 0 Å². The predicted octanol–water partition coefficient (Wildman–Crippen LogP) is 5.11. The SMILES string of the molecule is CCCCCCCCCCc1nc(N(C)C)nc(OC)c1C1CC1. The monoisotopic (exact) mass is 333 g/mol. The molecule has 0 N–H and O–H groups in total. The summed E-state index contributed by atoms with van der Waals surface area (Å²) >= 11 is 0. The molecule has 2 rings (SSSR count). The fourth-order valence-corrected chi connectivity index (χ4v) is 3.24. The third-order valence-corrected chi connectivity index (χ3v) is 4.82. The molecule has 0 spiro atoms. The molecule has 24 heavy (non-hydrogen) atoms. The molecule has 1 heterocycles. The molecule has 0 saturated heterocycles. The van der Waals surface area contributed by atoms with Crippen molar-refractivity contribution in [1.82, 2.24) is 9.97 Å². The minimum absolute atomic E-state index is 0.625. The molecule has 0 amide bonds. The molecule has 1 aromatic heterocycles. The minimum atomic E-state index is 0.625. The first-order valence-electron chi connectivity index (χ1n) is 9.79. The normalized spacial score (nSPS) is 14.0. The largest absolute Gasteiger partial charge is 0.481 e. The Hall–Kier alpha value is -1.32. The van der Waals surface area contributed by atoms with Gasteiger partial charge in [-0.3, -0.25) is 0 Å². The Balaban J connectivity index is 1.89. The molecule has 1 aliphatic carbocycles. The van der Waals surface area contributed by atoms with Crippen molar-refractivity contribution in [1.29, 1.82) is 0 Å². The Morgan fingerprint density at radius 3 is 2.12 bits per heavy atom. The van der Waals surface area contributed by atoms with Crippen LogP contribution >= 0.6 is 0 Å². The van der Waals surface area contributed by atoms with Crippen molar-refractivity contribution < 1.29 is 4.74 Å². The molecule has 0 unspecified atom stereocenters. The maximum absolute atomic E-state index is 5.58. The number of aryl methyl sites for hydroxylation is 1. The Morgan fingerprint density at radius 1 is 0.958 bits per heavy atom. The summed E-state index contributed by atoms with van der Waals surface area (Å²) in [5, 5.41) is 0. The third-order valence-electron chi connectivity index (χ3n) is 4.82. The standard InChI is InChI=1S/C20H35N3O/c1-5-6-7-8-9-10-11-12-13-17-18(16-14-15-16)19(24-4)22-20(21-17)23(2)3/h16H,5-15H2,1-4H3. The second-order valence-corrected chi connectivity index (χ2v) is 7.29. The van der Waals surface area contributed by atoms with Gasteiger partial charge in [-0.25, -0.2) is 4.98 Å². The summed E-state index contributed by atoms with van der Waals surface area (Å²) < 4.78 is 5.58. The van der Waals surface area contributed by atoms with E-state index >= 15 is 0 Å². The third kappa shape index (κ3) is 5.64. The van der Waals surface area contributed by atoms with Gasteiger partial charge in [0.25, 0.3) is 0 Å². The Kier molecular flexibility index (Phi) is 7.80. The fourth-order valence-electron chi connectivity index (χ4n) is 3.24. The highest BCUT2D eigenvalue weighted by Crippen LogP contribution is 2.45. The Bertz CT molecular complexity index is 498. The van der Waals surface area contributed by atoms with E-state index in [4.69, 9.17) is 9.72 Å². The average Bonchev–Trinajstić information content (AvgIpc) is 3.41. The van der Waals surface area contributed by atoms with Crippen molar-refractivity contribution in [2.24, 2.45) is 0 Å². The highest BCUT2D eigenvalue weighted by Gasteiger charge is 2.31. The van der Waals surface area contributed by atoms with Gasteiger partial charge in [0.15, 0.2) is 0 Å². The molecular weight excluding hydrogens is 298 g/mol. The number of aromatic nitrogens is 2. The minimum Gasteiger partial charge on any atom is -0.481 e. The number of rotatable bonds is 12. The molecule has 0 radical (unpaired) electrons. The highest BCUT2D eigenvalue weighted by molar-refractivity contribution is 5.43. The van der Waals surface area contributed by atoms with Crippen LogP contribution in [0.15, 0.2) is 0 Å². The molecule has 136 valence electrons. The summed E-state index contributed by atoms with van der Waals surface area (Å²) in [5.41, 5.74) is 2.50. The topological polar surface area (TPSA) is 38.2 Å². The first-order valence-corrected chi connectivity index (χ1v) is 9.79. The molecule has 0 bridgehead atoms. The molecule has 0 aliphatic heterocycles. The second kappa shape index (κ2) is 9.85. The lowest BCUT2D eigenvalue weighted by atomic mass is 10.0. The van der Waals surface area contributed by atoms with E-state index in [1.54, 1.807) is 7.11 Å². The summed E-state index contributed by atoms with van der Waals surface area (Å²) in [6, 6.07) is 0. The number of nitrogens with zero attached hydrogens (tertiary/aromatic N) is 3. The maximum Gasteiger partial charge on any atom is 0.228 e. The summed E-state index contributed by atoms with van der Waals surface area (Å²) in [4.78, 5) is 11.4. The maximum atomic E-state index is 5.58. The second-order valence-electron chi connectivity index (χ2n) is 7.29. The fraction of sp³-hybridized carbons (Fsp3) is 0.800. The first-order chi connectivity index (χ1) is 11.7. The van der Waals surface area contributed by atoms with Crippen molar-refractivity contribution in [2.75, 3.05) is 26.1 Å². The molecule has 0 atom stereocenters. The van der Waals surface area contributed by atoms with Crippen LogP contribution in [0, 0.1) is 0 Å². The number of methoxy groups -OCH3 is 1. The van der Waals surface area contributed by atoms with Crippen LogP contribution in [-0.2, 0) is 6.42 Å². The van der Waals surface area contributed by atoms with Crippen molar-refractivity contribution in [3.8, 4) is 5.88 Å². The van der Waals surface area contributed by atoms with Gasteiger partial charge in [0.2, 0.25) is 11.8 Å². The van der Waals surface area contributed by atoms with Gasteiger partial charge in [0.05, 0.1) is 12.8 Å². The first kappa shape index (κ1) is 19.0. The van der Waals surface area contributed by atoms with Crippen molar-refractivity contribution >= 4 is 5.95 Å². The van der Waals surface area contributed by atoms with Crippen LogP contribution in [0.1, 0.15) is 88.3 Å². The number of anilines is 1. The molecule has 1 fully saturated rings. The smallest absolute Gasteiger partial charge is 0.228 e. The zero-order valence-corrected chi connectivity index (χ0v) is 16.1. The Labute approximate surface area is 148 Å². The lowest BCUT2D eigenvalue weighted by Gasteiger charge is -2.17. The molecule has 4 heteroatoms. The molecule has 4 nitrogen and oxygen atoms in total. The van der Waals surface area contributed by atoms with E-state index < -0.39 is 0 Å². The Morgan fingerprint density at radius 2 is 1.58 bits per heavy atom. The number of hydrogen-bond donors (Lipinski definition) is 0. The van der Waals surface area contributed by atoms with Gasteiger partial charge >= 0.3 is 0 Å². The van der Waals surface area contributed by atoms with Gasteiger partial charge in [0.1, 0.15) is 0 Å². The van der Waals surface area contributed by atoms with Crippen LogP contribution < -0.4 is 9.64 Å². The lowest BCUT2D eigenvalue weighted by Crippen LogP contribution is -2.16. The number of hydrogen-bond acceptors (Lipinski definition) is 4. The molecule has 1 aliphatic rings. The average molecular weight is 334 g/mol. The molecule has 1 aromatic rings. The number of unbranched alkanes of at least 4 members (excludes halogenated alkanes) is 7. The van der Waals surface area contributed by atoms with Gasteiger partial charge in [0, 0.05) is 19.7 Å². The van der Waals surface area contributed by atoms with Gasteiger partial charge in [-0.15, -0.1) is 0 Å². The molecule has 0 aromatic carbocycles. The van der Waals surface area contributed by atoms with Gasteiger partial charge < -0.3 is 9.64 Å². The van der Waals surface area contributed by atoms with Crippen molar-refractivity contribution in [2.45, 2.75) is 83.5 Å². The van der Waals surface area contributed by atoms with Crippen LogP contribution in [0.25, 0.3) is 0 Å². The van der Waals surface area contributed by atoms with Crippen LogP contribution in [-0.4, -0.2) is 31.2 Å². The van der Waals surface area contributed by atoms with Crippen LogP contribution in [0.4, 0.5) is 5.95 Å². The quantitative estimate of drug-likeness (QED) is 0.498.